The molecule has 0 amide bonds. The molecule has 0 aliphatic carbocycles. The Morgan fingerprint density at radius 2 is 0.960 bits per heavy atom. The summed E-state index contributed by atoms with van der Waals surface area (Å²) in [5.41, 5.74) is 10.8. The lowest BCUT2D eigenvalue weighted by Crippen LogP contribution is -1.99. The molecule has 0 saturated carbocycles. The van der Waals surface area contributed by atoms with E-state index >= 15 is 0 Å². The van der Waals surface area contributed by atoms with Gasteiger partial charge in [0.1, 0.15) is 0 Å². The number of aromatic nitrogens is 2. The van der Waals surface area contributed by atoms with Crippen molar-refractivity contribution in [1.29, 1.82) is 15.8 Å². The van der Waals surface area contributed by atoms with Crippen LogP contribution in [0.4, 0.5) is 0 Å². The van der Waals surface area contributed by atoms with Crippen molar-refractivity contribution in [1.82, 2.24) is 9.13 Å². The Morgan fingerprint density at radius 3 is 1.64 bits per heavy atom. The largest absolute Gasteiger partial charge is 0.309 e. The summed E-state index contributed by atoms with van der Waals surface area (Å²) >= 11 is 0. The third kappa shape index (κ3) is 4.31. The van der Waals surface area contributed by atoms with Gasteiger partial charge in [0.05, 0.1) is 62.7 Å². The zero-order chi connectivity index (χ0) is 33.8. The van der Waals surface area contributed by atoms with Crippen molar-refractivity contribution in [3.63, 3.8) is 0 Å². The van der Waals surface area contributed by atoms with Crippen molar-refractivity contribution in [2.24, 2.45) is 0 Å². The van der Waals surface area contributed by atoms with Crippen molar-refractivity contribution >= 4 is 43.6 Å². The van der Waals surface area contributed by atoms with Gasteiger partial charge in [-0.1, -0.05) is 84.9 Å². The van der Waals surface area contributed by atoms with Crippen molar-refractivity contribution in [2.75, 3.05) is 0 Å². The van der Waals surface area contributed by atoms with Crippen molar-refractivity contribution in [3.05, 3.63) is 168 Å². The second-order valence-corrected chi connectivity index (χ2v) is 12.3. The molecule has 230 valence electrons. The molecule has 0 fully saturated rings. The second-order valence-electron chi connectivity index (χ2n) is 12.3. The zero-order valence-electron chi connectivity index (χ0n) is 26.7. The first-order valence-electron chi connectivity index (χ1n) is 16.3. The monoisotopic (exact) mass is 635 g/mol. The van der Waals surface area contributed by atoms with Crippen LogP contribution < -0.4 is 0 Å². The molecule has 0 unspecified atom stereocenters. The first-order valence-corrected chi connectivity index (χ1v) is 16.3. The maximum Gasteiger partial charge on any atom is 0.0998 e. The summed E-state index contributed by atoms with van der Waals surface area (Å²) in [6, 6.07) is 57.8. The van der Waals surface area contributed by atoms with Crippen molar-refractivity contribution in [3.8, 4) is 51.8 Å². The molecule has 2 aromatic heterocycles. The summed E-state index contributed by atoms with van der Waals surface area (Å²) in [5.74, 6) is 0. The Morgan fingerprint density at radius 1 is 0.380 bits per heavy atom. The highest BCUT2D eigenvalue weighted by Crippen LogP contribution is 2.40. The Labute approximate surface area is 287 Å². The fourth-order valence-electron chi connectivity index (χ4n) is 7.46. The van der Waals surface area contributed by atoms with Gasteiger partial charge in [-0.25, -0.2) is 0 Å². The molecule has 5 nitrogen and oxygen atoms in total. The van der Waals surface area contributed by atoms with Gasteiger partial charge in [0.15, 0.2) is 0 Å². The SMILES string of the molecule is N#Cc1ccc2c(c1)c1ccccc1n2-c1cccc(-c2cc(-c3ccccc3-n3c4ccccc4c4ccccc43)c(C#N)cc2C#N)c1. The van der Waals surface area contributed by atoms with Crippen LogP contribution in [-0.4, -0.2) is 9.13 Å². The van der Waals surface area contributed by atoms with Gasteiger partial charge in [-0.3, -0.25) is 0 Å². The molecule has 0 atom stereocenters. The highest BCUT2D eigenvalue weighted by molar-refractivity contribution is 6.11. The molecule has 7 aromatic carbocycles. The standard InChI is InChI=1S/C45H25N5/c46-26-29-20-21-45-40(22-29)37-15-4-5-16-41(37)49(45)33-11-9-10-30(24-33)38-25-39(32(28-48)23-31(38)27-47)36-14-3-8-19-44(36)50-42-17-6-1-12-34(42)35-13-2-7-18-43(35)50/h1-25H. The highest BCUT2D eigenvalue weighted by Gasteiger charge is 2.20. The maximum absolute atomic E-state index is 10.4. The number of hydrogen-bond donors (Lipinski definition) is 0. The van der Waals surface area contributed by atoms with Crippen LogP contribution >= 0.6 is 0 Å². The smallest absolute Gasteiger partial charge is 0.0998 e. The molecule has 0 spiro atoms. The maximum atomic E-state index is 10.4. The minimum absolute atomic E-state index is 0.428. The van der Waals surface area contributed by atoms with Gasteiger partial charge in [0, 0.05) is 43.9 Å². The van der Waals surface area contributed by atoms with E-state index in [0.717, 1.165) is 77.2 Å². The fourth-order valence-corrected chi connectivity index (χ4v) is 7.46. The van der Waals surface area contributed by atoms with Crippen molar-refractivity contribution < 1.29 is 0 Å². The van der Waals surface area contributed by atoms with Crippen LogP contribution in [0.5, 0.6) is 0 Å². The molecule has 0 aliphatic heterocycles. The first kappa shape index (κ1) is 28.8. The fraction of sp³-hybridized carbons (Fsp3) is 0. The molecule has 9 aromatic rings. The van der Waals surface area contributed by atoms with Crippen LogP contribution in [0.15, 0.2) is 152 Å². The van der Waals surface area contributed by atoms with E-state index in [0.29, 0.717) is 16.7 Å². The molecule has 0 aliphatic rings. The number of para-hydroxylation sites is 4. The van der Waals surface area contributed by atoms with Crippen LogP contribution in [0.2, 0.25) is 0 Å². The summed E-state index contributed by atoms with van der Waals surface area (Å²) in [6.07, 6.45) is 0. The third-order valence-corrected chi connectivity index (χ3v) is 9.63. The van der Waals surface area contributed by atoms with Crippen LogP contribution in [-0.2, 0) is 0 Å². The Hall–Kier alpha value is -7.39. The van der Waals surface area contributed by atoms with E-state index < -0.39 is 0 Å². The lowest BCUT2D eigenvalue weighted by Gasteiger charge is -2.17. The molecule has 2 heterocycles. The summed E-state index contributed by atoms with van der Waals surface area (Å²) in [6.45, 7) is 0. The Kier molecular flexibility index (Phi) is 6.56. The van der Waals surface area contributed by atoms with Gasteiger partial charge < -0.3 is 9.13 Å². The predicted molar refractivity (Wildman–Crippen MR) is 200 cm³/mol. The molecule has 50 heavy (non-hydrogen) atoms. The number of nitriles is 3. The van der Waals surface area contributed by atoms with E-state index in [1.165, 1.54) is 0 Å². The molecular formula is C45H25N5. The molecule has 5 heteroatoms. The van der Waals surface area contributed by atoms with Crippen molar-refractivity contribution in [2.45, 2.75) is 0 Å². The molecule has 0 saturated heterocycles. The van der Waals surface area contributed by atoms with Gasteiger partial charge in [0.2, 0.25) is 0 Å². The first-order chi connectivity index (χ1) is 24.7. The summed E-state index contributed by atoms with van der Waals surface area (Å²) in [4.78, 5) is 0. The van der Waals surface area contributed by atoms with E-state index in [1.807, 2.05) is 72.8 Å². The normalized spacial score (nSPS) is 11.1. The quantitative estimate of drug-likeness (QED) is 0.193. The minimum Gasteiger partial charge on any atom is -0.309 e. The summed E-state index contributed by atoms with van der Waals surface area (Å²) < 4.78 is 4.46. The van der Waals surface area contributed by atoms with Crippen LogP contribution in [0, 0.1) is 34.0 Å². The van der Waals surface area contributed by atoms with Gasteiger partial charge in [-0.2, -0.15) is 15.8 Å². The summed E-state index contributed by atoms with van der Waals surface area (Å²) in [7, 11) is 0. The molecular weight excluding hydrogens is 611 g/mol. The van der Waals surface area contributed by atoms with Gasteiger partial charge in [0.25, 0.3) is 0 Å². The molecule has 0 N–H and O–H groups in total. The minimum atomic E-state index is 0.428. The average Bonchev–Trinajstić information content (AvgIpc) is 3.70. The molecule has 9 rings (SSSR count). The summed E-state index contributed by atoms with van der Waals surface area (Å²) in [5, 5.41) is 34.8. The van der Waals surface area contributed by atoms with Gasteiger partial charge >= 0.3 is 0 Å². The lowest BCUT2D eigenvalue weighted by molar-refractivity contribution is 1.18. The molecule has 0 bridgehead atoms. The van der Waals surface area contributed by atoms with E-state index in [2.05, 4.69) is 100 Å². The van der Waals surface area contributed by atoms with Gasteiger partial charge in [-0.15, -0.1) is 0 Å². The number of hydrogen-bond acceptors (Lipinski definition) is 3. The molecule has 0 radical (unpaired) electrons. The predicted octanol–water partition coefficient (Wildman–Crippen LogP) is 10.8. The number of fused-ring (bicyclic) bond motifs is 6. The van der Waals surface area contributed by atoms with E-state index in [4.69, 9.17) is 0 Å². The van der Waals surface area contributed by atoms with E-state index in [9.17, 15) is 15.8 Å². The van der Waals surface area contributed by atoms with Crippen LogP contribution in [0.1, 0.15) is 16.7 Å². The van der Waals surface area contributed by atoms with E-state index in [1.54, 1.807) is 6.07 Å². The number of benzene rings is 7. The topological polar surface area (TPSA) is 81.2 Å². The third-order valence-electron chi connectivity index (χ3n) is 9.63. The van der Waals surface area contributed by atoms with Gasteiger partial charge in [-0.05, 0) is 72.3 Å². The number of nitrogens with zero attached hydrogens (tertiary/aromatic N) is 5. The zero-order valence-corrected chi connectivity index (χ0v) is 26.7. The lowest BCUT2D eigenvalue weighted by atomic mass is 9.90. The average molecular weight is 636 g/mol. The number of rotatable bonds is 4. The highest BCUT2D eigenvalue weighted by atomic mass is 15.0. The van der Waals surface area contributed by atoms with Crippen LogP contribution in [0.3, 0.4) is 0 Å². The second kappa shape index (κ2) is 11.4. The Balaban J connectivity index is 1.27. The van der Waals surface area contributed by atoms with Crippen LogP contribution in [0.25, 0.3) is 77.2 Å². The van der Waals surface area contributed by atoms with E-state index in [-0.39, 0.29) is 0 Å². The Bertz CT molecular complexity index is 2920.